The maximum atomic E-state index is 9.52. The molecule has 9 heavy (non-hydrogen) atoms. The molecule has 1 aliphatic rings. The van der Waals surface area contributed by atoms with E-state index in [1.807, 2.05) is 6.92 Å². The second-order valence-corrected chi connectivity index (χ2v) is 3.21. The average molecular weight is 129 g/mol. The summed E-state index contributed by atoms with van der Waals surface area (Å²) in [5, 5.41) is 9.52. The fourth-order valence-corrected chi connectivity index (χ4v) is 1.34. The molecule has 0 aromatic heterocycles. The first-order chi connectivity index (χ1) is 4.13. The molecule has 1 rings (SSSR count). The van der Waals surface area contributed by atoms with Crippen molar-refractivity contribution in [2.75, 3.05) is 0 Å². The molecule has 1 saturated carbocycles. The van der Waals surface area contributed by atoms with Crippen LogP contribution in [0.25, 0.3) is 0 Å². The largest absolute Gasteiger partial charge is 0.389 e. The Hall–Kier alpha value is -0.0800. The van der Waals surface area contributed by atoms with Gasteiger partial charge in [-0.25, -0.2) is 0 Å². The van der Waals surface area contributed by atoms with Crippen LogP contribution in [-0.2, 0) is 0 Å². The number of hydrogen-bond donors (Lipinski definition) is 2. The SMILES string of the molecule is C[C@]1(O)CCCCC1N. The van der Waals surface area contributed by atoms with Crippen LogP contribution in [0.4, 0.5) is 0 Å². The Balaban J connectivity index is 2.49. The molecule has 0 bridgehead atoms. The van der Waals surface area contributed by atoms with Crippen LogP contribution in [0.5, 0.6) is 0 Å². The van der Waals surface area contributed by atoms with Crippen LogP contribution in [-0.4, -0.2) is 16.7 Å². The minimum Gasteiger partial charge on any atom is -0.389 e. The summed E-state index contributed by atoms with van der Waals surface area (Å²) in [5.41, 5.74) is 5.08. The smallest absolute Gasteiger partial charge is 0.0769 e. The Morgan fingerprint density at radius 2 is 2.22 bits per heavy atom. The Kier molecular flexibility index (Phi) is 1.78. The van der Waals surface area contributed by atoms with E-state index in [-0.39, 0.29) is 6.04 Å². The fourth-order valence-electron chi connectivity index (χ4n) is 1.34. The zero-order chi connectivity index (χ0) is 6.91. The first-order valence-corrected chi connectivity index (χ1v) is 3.61. The summed E-state index contributed by atoms with van der Waals surface area (Å²) in [7, 11) is 0. The zero-order valence-corrected chi connectivity index (χ0v) is 5.93. The molecule has 2 nitrogen and oxygen atoms in total. The first kappa shape index (κ1) is 7.03. The van der Waals surface area contributed by atoms with Crippen molar-refractivity contribution in [2.45, 2.75) is 44.2 Å². The van der Waals surface area contributed by atoms with Crippen LogP contribution in [0.15, 0.2) is 0 Å². The molecule has 54 valence electrons. The molecule has 0 aromatic carbocycles. The lowest BCUT2D eigenvalue weighted by molar-refractivity contribution is 0.00358. The van der Waals surface area contributed by atoms with Crippen LogP contribution >= 0.6 is 0 Å². The van der Waals surface area contributed by atoms with Crippen LogP contribution in [0, 0.1) is 0 Å². The monoisotopic (exact) mass is 129 g/mol. The van der Waals surface area contributed by atoms with Crippen molar-refractivity contribution in [1.82, 2.24) is 0 Å². The maximum Gasteiger partial charge on any atom is 0.0769 e. The van der Waals surface area contributed by atoms with E-state index in [2.05, 4.69) is 0 Å². The third-order valence-electron chi connectivity index (χ3n) is 2.25. The fraction of sp³-hybridized carbons (Fsp3) is 1.00. The highest BCUT2D eigenvalue weighted by molar-refractivity contribution is 4.88. The van der Waals surface area contributed by atoms with Gasteiger partial charge in [-0.1, -0.05) is 12.8 Å². The third-order valence-corrected chi connectivity index (χ3v) is 2.25. The minimum absolute atomic E-state index is 0.00579. The predicted molar refractivity (Wildman–Crippen MR) is 37.1 cm³/mol. The quantitative estimate of drug-likeness (QED) is 0.504. The van der Waals surface area contributed by atoms with E-state index < -0.39 is 5.60 Å². The number of rotatable bonds is 0. The molecule has 0 radical (unpaired) electrons. The molecule has 1 aliphatic carbocycles. The van der Waals surface area contributed by atoms with E-state index in [0.29, 0.717) is 0 Å². The lowest BCUT2D eigenvalue weighted by Gasteiger charge is -2.34. The van der Waals surface area contributed by atoms with Crippen molar-refractivity contribution in [1.29, 1.82) is 0 Å². The van der Waals surface area contributed by atoms with E-state index in [4.69, 9.17) is 5.73 Å². The number of aliphatic hydroxyl groups is 1. The van der Waals surface area contributed by atoms with Crippen molar-refractivity contribution < 1.29 is 5.11 Å². The van der Waals surface area contributed by atoms with Gasteiger partial charge in [0, 0.05) is 6.04 Å². The minimum atomic E-state index is -0.585. The summed E-state index contributed by atoms with van der Waals surface area (Å²) in [5.74, 6) is 0. The topological polar surface area (TPSA) is 46.2 Å². The van der Waals surface area contributed by atoms with Crippen molar-refractivity contribution in [3.8, 4) is 0 Å². The van der Waals surface area contributed by atoms with Crippen LogP contribution in [0.3, 0.4) is 0 Å². The molecule has 3 N–H and O–H groups in total. The van der Waals surface area contributed by atoms with Crippen molar-refractivity contribution >= 4 is 0 Å². The molecule has 0 aromatic rings. The lowest BCUT2D eigenvalue weighted by Crippen LogP contribution is -2.47. The molecule has 0 saturated heterocycles. The van der Waals surface area contributed by atoms with Gasteiger partial charge in [-0.15, -0.1) is 0 Å². The Bertz CT molecular complexity index is 101. The highest BCUT2D eigenvalue weighted by Crippen LogP contribution is 2.25. The highest BCUT2D eigenvalue weighted by atomic mass is 16.3. The van der Waals surface area contributed by atoms with Gasteiger partial charge in [-0.2, -0.15) is 0 Å². The number of hydrogen-bond acceptors (Lipinski definition) is 2. The van der Waals surface area contributed by atoms with Gasteiger partial charge in [0.25, 0.3) is 0 Å². The van der Waals surface area contributed by atoms with E-state index in [1.54, 1.807) is 0 Å². The second kappa shape index (κ2) is 2.27. The molecule has 0 spiro atoms. The highest BCUT2D eigenvalue weighted by Gasteiger charge is 2.30. The molecule has 0 heterocycles. The molecule has 2 atom stereocenters. The molecular formula is C7H15NO. The van der Waals surface area contributed by atoms with E-state index >= 15 is 0 Å². The zero-order valence-electron chi connectivity index (χ0n) is 5.93. The van der Waals surface area contributed by atoms with Crippen LogP contribution in [0.1, 0.15) is 32.6 Å². The Morgan fingerprint density at radius 3 is 2.56 bits per heavy atom. The molecule has 1 fully saturated rings. The molecule has 0 amide bonds. The van der Waals surface area contributed by atoms with Gasteiger partial charge in [0.1, 0.15) is 0 Å². The summed E-state index contributed by atoms with van der Waals surface area (Å²) < 4.78 is 0. The first-order valence-electron chi connectivity index (χ1n) is 3.61. The predicted octanol–water partition coefficient (Wildman–Crippen LogP) is 0.639. The lowest BCUT2D eigenvalue weighted by atomic mass is 9.82. The third kappa shape index (κ3) is 1.43. The standard InChI is InChI=1S/C7H15NO/c1-7(9)5-3-2-4-6(7)8/h6,9H,2-5,8H2,1H3/t6?,7-/m0/s1. The molecule has 0 aliphatic heterocycles. The van der Waals surface area contributed by atoms with Gasteiger partial charge in [-0.05, 0) is 19.8 Å². The van der Waals surface area contributed by atoms with E-state index in [0.717, 1.165) is 19.3 Å². The second-order valence-electron chi connectivity index (χ2n) is 3.21. The molecule has 2 heteroatoms. The van der Waals surface area contributed by atoms with E-state index in [1.165, 1.54) is 6.42 Å². The van der Waals surface area contributed by atoms with Gasteiger partial charge in [0.05, 0.1) is 5.60 Å². The van der Waals surface area contributed by atoms with Gasteiger partial charge in [0.2, 0.25) is 0 Å². The van der Waals surface area contributed by atoms with Crippen LogP contribution in [0.2, 0.25) is 0 Å². The molecular weight excluding hydrogens is 114 g/mol. The van der Waals surface area contributed by atoms with Gasteiger partial charge < -0.3 is 10.8 Å². The van der Waals surface area contributed by atoms with Crippen LogP contribution < -0.4 is 5.73 Å². The normalized spacial score (nSPS) is 45.0. The summed E-state index contributed by atoms with van der Waals surface area (Å²) in [6.07, 6.45) is 4.15. The average Bonchev–Trinajstić information content (AvgIpc) is 1.77. The van der Waals surface area contributed by atoms with Crippen molar-refractivity contribution in [3.05, 3.63) is 0 Å². The van der Waals surface area contributed by atoms with Gasteiger partial charge in [-0.3, -0.25) is 0 Å². The Labute approximate surface area is 56.1 Å². The van der Waals surface area contributed by atoms with Crippen molar-refractivity contribution in [3.63, 3.8) is 0 Å². The summed E-state index contributed by atoms with van der Waals surface area (Å²) in [6, 6.07) is 0.00579. The summed E-state index contributed by atoms with van der Waals surface area (Å²) >= 11 is 0. The molecule has 1 unspecified atom stereocenters. The summed E-state index contributed by atoms with van der Waals surface area (Å²) in [6.45, 7) is 1.83. The van der Waals surface area contributed by atoms with Gasteiger partial charge in [0.15, 0.2) is 0 Å². The Morgan fingerprint density at radius 1 is 1.56 bits per heavy atom. The summed E-state index contributed by atoms with van der Waals surface area (Å²) in [4.78, 5) is 0. The van der Waals surface area contributed by atoms with E-state index in [9.17, 15) is 5.11 Å². The van der Waals surface area contributed by atoms with Crippen molar-refractivity contribution in [2.24, 2.45) is 5.73 Å². The maximum absolute atomic E-state index is 9.52. The number of nitrogens with two attached hydrogens (primary N) is 1. The van der Waals surface area contributed by atoms with Gasteiger partial charge >= 0.3 is 0 Å².